The Labute approximate surface area is 186 Å². The van der Waals surface area contributed by atoms with Gasteiger partial charge in [-0.3, -0.25) is 4.79 Å². The maximum absolute atomic E-state index is 13.3. The molecule has 8 heteroatoms. The SMILES string of the molecule is O=C([C@@H]1CCCN1S(=O)(=O)c1ccc(F)cc1)N1CC=C(c2c[nH]c3ccccc23)CC1. The van der Waals surface area contributed by atoms with Crippen LogP contribution < -0.4 is 0 Å². The van der Waals surface area contributed by atoms with E-state index in [1.165, 1.54) is 22.0 Å². The molecular formula is C24H24FN3O3S. The van der Waals surface area contributed by atoms with Crippen LogP contribution in [0.1, 0.15) is 24.8 Å². The van der Waals surface area contributed by atoms with E-state index in [0.29, 0.717) is 38.9 Å². The molecule has 3 aromatic rings. The van der Waals surface area contributed by atoms with E-state index in [1.807, 2.05) is 24.4 Å². The van der Waals surface area contributed by atoms with Crippen molar-refractivity contribution in [3.05, 3.63) is 72.2 Å². The zero-order valence-corrected chi connectivity index (χ0v) is 18.3. The molecule has 1 N–H and O–H groups in total. The van der Waals surface area contributed by atoms with Crippen molar-refractivity contribution < 1.29 is 17.6 Å². The smallest absolute Gasteiger partial charge is 0.243 e. The topological polar surface area (TPSA) is 73.5 Å². The van der Waals surface area contributed by atoms with Crippen LogP contribution in [0.2, 0.25) is 0 Å². The molecule has 2 aliphatic rings. The molecule has 6 nitrogen and oxygen atoms in total. The second kappa shape index (κ2) is 8.18. The number of aromatic amines is 1. The highest BCUT2D eigenvalue weighted by Gasteiger charge is 2.41. The number of carbonyl (C=O) groups is 1. The highest BCUT2D eigenvalue weighted by atomic mass is 32.2. The maximum atomic E-state index is 13.3. The summed E-state index contributed by atoms with van der Waals surface area (Å²) >= 11 is 0. The quantitative estimate of drug-likeness (QED) is 0.654. The van der Waals surface area contributed by atoms with Crippen LogP contribution in [0.3, 0.4) is 0 Å². The molecule has 0 radical (unpaired) electrons. The Hall–Kier alpha value is -2.97. The second-order valence-electron chi connectivity index (χ2n) is 8.24. The van der Waals surface area contributed by atoms with Gasteiger partial charge < -0.3 is 9.88 Å². The van der Waals surface area contributed by atoms with Crippen molar-refractivity contribution in [1.29, 1.82) is 0 Å². The minimum Gasteiger partial charge on any atom is -0.361 e. The number of amides is 1. The number of halogens is 1. The molecular weight excluding hydrogens is 429 g/mol. The minimum atomic E-state index is -3.86. The molecule has 166 valence electrons. The molecule has 0 bridgehead atoms. The van der Waals surface area contributed by atoms with Crippen LogP contribution in [0.15, 0.2) is 65.7 Å². The van der Waals surface area contributed by atoms with Gasteiger partial charge in [0.05, 0.1) is 4.90 Å². The third kappa shape index (κ3) is 3.63. The van der Waals surface area contributed by atoms with Crippen molar-refractivity contribution in [2.75, 3.05) is 19.6 Å². The maximum Gasteiger partial charge on any atom is 0.243 e. The standard InChI is InChI=1S/C24H24FN3O3S/c25-18-7-9-19(10-8-18)32(30,31)28-13-3-6-23(28)24(29)27-14-11-17(12-15-27)21-16-26-22-5-2-1-4-20(21)22/h1-2,4-5,7-11,16,23,26H,3,6,12-15H2/t23-/m0/s1. The van der Waals surface area contributed by atoms with Crippen LogP contribution in [-0.2, 0) is 14.8 Å². The van der Waals surface area contributed by atoms with E-state index in [4.69, 9.17) is 0 Å². The van der Waals surface area contributed by atoms with Crippen LogP contribution in [-0.4, -0.2) is 54.2 Å². The summed E-state index contributed by atoms with van der Waals surface area (Å²) in [7, 11) is -3.86. The molecule has 1 fully saturated rings. The van der Waals surface area contributed by atoms with E-state index in [0.717, 1.165) is 28.6 Å². The predicted molar refractivity (Wildman–Crippen MR) is 121 cm³/mol. The fourth-order valence-corrected chi connectivity index (χ4v) is 6.33. The summed E-state index contributed by atoms with van der Waals surface area (Å²) in [6.07, 6.45) is 5.90. The molecule has 0 spiro atoms. The average molecular weight is 454 g/mol. The first-order chi connectivity index (χ1) is 15.4. The fraction of sp³-hybridized carbons (Fsp3) is 0.292. The van der Waals surface area contributed by atoms with Crippen LogP contribution >= 0.6 is 0 Å². The minimum absolute atomic E-state index is 0.0127. The van der Waals surface area contributed by atoms with Gasteiger partial charge in [0, 0.05) is 42.3 Å². The number of H-pyrrole nitrogens is 1. The molecule has 1 amide bonds. The largest absolute Gasteiger partial charge is 0.361 e. The lowest BCUT2D eigenvalue weighted by Crippen LogP contribution is -2.48. The molecule has 5 rings (SSSR count). The van der Waals surface area contributed by atoms with Gasteiger partial charge in [0.25, 0.3) is 0 Å². The van der Waals surface area contributed by atoms with Gasteiger partial charge in [-0.2, -0.15) is 4.31 Å². The second-order valence-corrected chi connectivity index (χ2v) is 10.1. The summed E-state index contributed by atoms with van der Waals surface area (Å²) in [5.41, 5.74) is 3.41. The number of nitrogens with zero attached hydrogens (tertiary/aromatic N) is 2. The number of hydrogen-bond donors (Lipinski definition) is 1. The summed E-state index contributed by atoms with van der Waals surface area (Å²) in [4.78, 5) is 18.3. The van der Waals surface area contributed by atoms with Gasteiger partial charge in [-0.1, -0.05) is 24.3 Å². The predicted octanol–water partition coefficient (Wildman–Crippen LogP) is 3.78. The first kappa shape index (κ1) is 20.9. The number of fused-ring (bicyclic) bond motifs is 1. The number of carbonyl (C=O) groups excluding carboxylic acids is 1. The van der Waals surface area contributed by atoms with E-state index in [9.17, 15) is 17.6 Å². The third-order valence-corrected chi connectivity index (χ3v) is 8.29. The number of hydrogen-bond acceptors (Lipinski definition) is 3. The molecule has 2 aliphatic heterocycles. The van der Waals surface area contributed by atoms with Crippen molar-refractivity contribution >= 4 is 32.4 Å². The highest BCUT2D eigenvalue weighted by Crippen LogP contribution is 2.31. The van der Waals surface area contributed by atoms with Gasteiger partial charge in [-0.15, -0.1) is 0 Å². The van der Waals surface area contributed by atoms with E-state index in [1.54, 1.807) is 4.90 Å². The molecule has 0 saturated carbocycles. The number of aromatic nitrogens is 1. The van der Waals surface area contributed by atoms with Crippen LogP contribution in [0, 0.1) is 5.82 Å². The zero-order chi connectivity index (χ0) is 22.3. The molecule has 3 heterocycles. The van der Waals surface area contributed by atoms with E-state index >= 15 is 0 Å². The van der Waals surface area contributed by atoms with Crippen molar-refractivity contribution in [1.82, 2.24) is 14.2 Å². The average Bonchev–Trinajstić information content (AvgIpc) is 3.47. The van der Waals surface area contributed by atoms with Gasteiger partial charge in [0.1, 0.15) is 11.9 Å². The normalized spacial score (nSPS) is 20.0. The molecule has 0 unspecified atom stereocenters. The molecule has 32 heavy (non-hydrogen) atoms. The van der Waals surface area contributed by atoms with E-state index in [-0.39, 0.29) is 10.8 Å². The molecule has 1 aromatic heterocycles. The Morgan fingerprint density at radius 2 is 1.84 bits per heavy atom. The van der Waals surface area contributed by atoms with Crippen molar-refractivity contribution in [2.45, 2.75) is 30.2 Å². The van der Waals surface area contributed by atoms with E-state index in [2.05, 4.69) is 17.1 Å². The monoisotopic (exact) mass is 453 g/mol. The fourth-order valence-electron chi connectivity index (χ4n) is 4.68. The summed E-state index contributed by atoms with van der Waals surface area (Å²) in [6, 6.07) is 12.2. The highest BCUT2D eigenvalue weighted by molar-refractivity contribution is 7.89. The van der Waals surface area contributed by atoms with Crippen LogP contribution in [0.4, 0.5) is 4.39 Å². The Morgan fingerprint density at radius 1 is 1.06 bits per heavy atom. The lowest BCUT2D eigenvalue weighted by molar-refractivity contribution is -0.134. The molecule has 2 aromatic carbocycles. The van der Waals surface area contributed by atoms with E-state index < -0.39 is 21.9 Å². The zero-order valence-electron chi connectivity index (χ0n) is 17.5. The van der Waals surface area contributed by atoms with Gasteiger partial charge in [-0.05, 0) is 55.2 Å². The van der Waals surface area contributed by atoms with Crippen molar-refractivity contribution in [3.63, 3.8) is 0 Å². The van der Waals surface area contributed by atoms with Crippen LogP contribution in [0.5, 0.6) is 0 Å². The number of nitrogens with one attached hydrogen (secondary N) is 1. The number of para-hydroxylation sites is 1. The Balaban J connectivity index is 1.34. The Morgan fingerprint density at radius 3 is 2.59 bits per heavy atom. The van der Waals surface area contributed by atoms with Gasteiger partial charge >= 0.3 is 0 Å². The van der Waals surface area contributed by atoms with Gasteiger partial charge in [-0.25, -0.2) is 12.8 Å². The molecule has 1 atom stereocenters. The number of sulfonamides is 1. The Kier molecular flexibility index (Phi) is 5.35. The first-order valence-electron chi connectivity index (χ1n) is 10.8. The summed E-state index contributed by atoms with van der Waals surface area (Å²) in [6.45, 7) is 1.29. The first-order valence-corrected chi connectivity index (χ1v) is 12.2. The van der Waals surface area contributed by atoms with Crippen LogP contribution in [0.25, 0.3) is 16.5 Å². The molecule has 0 aliphatic carbocycles. The number of benzene rings is 2. The Bertz CT molecular complexity index is 1300. The van der Waals surface area contributed by atoms with Gasteiger partial charge in [0.2, 0.25) is 15.9 Å². The summed E-state index contributed by atoms with van der Waals surface area (Å²) in [5, 5.41) is 1.16. The summed E-state index contributed by atoms with van der Waals surface area (Å²) in [5.74, 6) is -0.661. The number of rotatable bonds is 4. The van der Waals surface area contributed by atoms with Gasteiger partial charge in [0.15, 0.2) is 0 Å². The van der Waals surface area contributed by atoms with Crippen molar-refractivity contribution in [3.8, 4) is 0 Å². The van der Waals surface area contributed by atoms with Crippen molar-refractivity contribution in [2.24, 2.45) is 0 Å². The third-order valence-electron chi connectivity index (χ3n) is 6.36. The lowest BCUT2D eigenvalue weighted by atomic mass is 9.98. The lowest BCUT2D eigenvalue weighted by Gasteiger charge is -2.32. The molecule has 1 saturated heterocycles. The summed E-state index contributed by atoms with van der Waals surface area (Å²) < 4.78 is 40.7.